The third kappa shape index (κ3) is 5.44. The van der Waals surface area contributed by atoms with Crippen molar-refractivity contribution in [2.45, 2.75) is 51.1 Å². The number of amides is 1. The summed E-state index contributed by atoms with van der Waals surface area (Å²) in [6.45, 7) is 8.23. The number of rotatable bonds is 8. The second-order valence-electron chi connectivity index (χ2n) is 8.25. The summed E-state index contributed by atoms with van der Waals surface area (Å²) >= 11 is 1.18. The van der Waals surface area contributed by atoms with Crippen LogP contribution in [-0.4, -0.2) is 37.4 Å². The Hall–Kier alpha value is -3.14. The smallest absolute Gasteiger partial charge is 0.332 e. The fourth-order valence-corrected chi connectivity index (χ4v) is 4.36. The zero-order valence-corrected chi connectivity index (χ0v) is 20.5. The number of carbonyl (C=O) groups excluding carboxylic acids is 1. The van der Waals surface area contributed by atoms with Gasteiger partial charge in [-0.2, -0.15) is 0 Å². The van der Waals surface area contributed by atoms with E-state index in [4.69, 9.17) is 4.74 Å². The normalized spacial score (nSPS) is 12.2. The molecule has 1 atom stereocenters. The van der Waals surface area contributed by atoms with E-state index in [1.807, 2.05) is 38.1 Å². The molecule has 1 amide bonds. The van der Waals surface area contributed by atoms with Crippen LogP contribution in [0.4, 0.5) is 0 Å². The van der Waals surface area contributed by atoms with Crippen molar-refractivity contribution in [2.24, 2.45) is 13.0 Å². The van der Waals surface area contributed by atoms with Crippen molar-refractivity contribution >= 4 is 28.7 Å². The van der Waals surface area contributed by atoms with Gasteiger partial charge in [-0.05, 0) is 37.5 Å². The van der Waals surface area contributed by atoms with E-state index in [0.717, 1.165) is 15.9 Å². The number of nitrogens with one attached hydrogen (secondary N) is 1. The molecule has 0 saturated carbocycles. The van der Waals surface area contributed by atoms with Crippen LogP contribution in [0.3, 0.4) is 0 Å². The van der Waals surface area contributed by atoms with E-state index in [2.05, 4.69) is 15.3 Å². The molecule has 1 aromatic carbocycles. The Morgan fingerprint density at radius 1 is 1.15 bits per heavy atom. The first kappa shape index (κ1) is 24.5. The van der Waals surface area contributed by atoms with E-state index < -0.39 is 16.5 Å². The molecule has 0 spiro atoms. The fraction of sp³-hybridized carbons (Fsp3) is 0.435. The number of ether oxygens (including phenoxy) is 1. The Morgan fingerprint density at radius 2 is 1.82 bits per heavy atom. The van der Waals surface area contributed by atoms with Gasteiger partial charge in [-0.3, -0.25) is 18.7 Å². The van der Waals surface area contributed by atoms with Gasteiger partial charge in [0, 0.05) is 20.1 Å². The third-order valence-electron chi connectivity index (χ3n) is 5.09. The summed E-state index contributed by atoms with van der Waals surface area (Å²) in [7, 11) is 3.05. The minimum absolute atomic E-state index is 0.178. The number of methoxy groups -OCH3 is 1. The maximum Gasteiger partial charge on any atom is 0.332 e. The Morgan fingerprint density at radius 3 is 2.42 bits per heavy atom. The number of aromatic nitrogens is 4. The van der Waals surface area contributed by atoms with Crippen LogP contribution in [0.2, 0.25) is 0 Å². The molecule has 3 aromatic rings. The van der Waals surface area contributed by atoms with Crippen LogP contribution in [0.5, 0.6) is 5.75 Å². The molecular formula is C23H29N5O4S. The van der Waals surface area contributed by atoms with Crippen LogP contribution in [0.1, 0.15) is 32.2 Å². The second kappa shape index (κ2) is 10.2. The molecule has 0 fully saturated rings. The van der Waals surface area contributed by atoms with Crippen molar-refractivity contribution < 1.29 is 9.53 Å². The van der Waals surface area contributed by atoms with Gasteiger partial charge < -0.3 is 10.1 Å². The average molecular weight is 472 g/mol. The fourth-order valence-electron chi connectivity index (χ4n) is 3.35. The van der Waals surface area contributed by atoms with E-state index in [0.29, 0.717) is 29.6 Å². The Kier molecular flexibility index (Phi) is 7.57. The Labute approximate surface area is 196 Å². The number of hydrogen-bond acceptors (Lipinski definition) is 7. The standard InChI is InChI=1S/C23H29N5O4S/c1-13(2)12-28-19-18(22(30)27(5)23(28)31)21(26-15(4)25-19)33-14(3)20(29)24-11-16-7-9-17(32-6)10-8-16/h7-10,13-14H,11-12H2,1-6H3,(H,24,29). The average Bonchev–Trinajstić information content (AvgIpc) is 2.78. The lowest BCUT2D eigenvalue weighted by molar-refractivity contribution is -0.120. The van der Waals surface area contributed by atoms with Crippen molar-refractivity contribution in [3.63, 3.8) is 0 Å². The van der Waals surface area contributed by atoms with Crippen LogP contribution in [0.15, 0.2) is 38.9 Å². The van der Waals surface area contributed by atoms with Gasteiger partial charge in [0.25, 0.3) is 5.56 Å². The molecule has 1 N–H and O–H groups in total. The molecule has 2 aromatic heterocycles. The van der Waals surface area contributed by atoms with Gasteiger partial charge in [0.05, 0.1) is 12.4 Å². The van der Waals surface area contributed by atoms with E-state index in [1.54, 1.807) is 21.0 Å². The highest BCUT2D eigenvalue weighted by atomic mass is 32.2. The summed E-state index contributed by atoms with van der Waals surface area (Å²) in [5, 5.41) is 3.04. The van der Waals surface area contributed by atoms with Gasteiger partial charge in [0.2, 0.25) is 5.91 Å². The predicted octanol–water partition coefficient (Wildman–Crippen LogP) is 2.26. The number of aryl methyl sites for hydroxylation is 1. The van der Waals surface area contributed by atoms with E-state index in [9.17, 15) is 14.4 Å². The number of carbonyl (C=O) groups is 1. The molecule has 176 valence electrons. The molecule has 0 aliphatic carbocycles. The molecule has 3 rings (SSSR count). The van der Waals surface area contributed by atoms with Crippen molar-refractivity contribution in [2.75, 3.05) is 7.11 Å². The lowest BCUT2D eigenvalue weighted by Gasteiger charge is -2.16. The predicted molar refractivity (Wildman–Crippen MR) is 129 cm³/mol. The van der Waals surface area contributed by atoms with E-state index in [1.165, 1.54) is 23.4 Å². The highest BCUT2D eigenvalue weighted by Crippen LogP contribution is 2.27. The van der Waals surface area contributed by atoms with Gasteiger partial charge in [-0.15, -0.1) is 0 Å². The zero-order chi connectivity index (χ0) is 24.3. The number of thioether (sulfide) groups is 1. The van der Waals surface area contributed by atoms with E-state index >= 15 is 0 Å². The molecule has 0 saturated heterocycles. The largest absolute Gasteiger partial charge is 0.497 e. The highest BCUT2D eigenvalue weighted by Gasteiger charge is 2.22. The molecule has 0 aliphatic heterocycles. The third-order valence-corrected chi connectivity index (χ3v) is 6.18. The molecule has 0 bridgehead atoms. The molecule has 10 heteroatoms. The van der Waals surface area contributed by atoms with Crippen molar-refractivity contribution in [1.29, 1.82) is 0 Å². The summed E-state index contributed by atoms with van der Waals surface area (Å²) in [5.74, 6) is 1.17. The molecular weight excluding hydrogens is 442 g/mol. The molecule has 0 radical (unpaired) electrons. The van der Waals surface area contributed by atoms with E-state index in [-0.39, 0.29) is 17.2 Å². The van der Waals surface area contributed by atoms with Crippen LogP contribution in [0, 0.1) is 12.8 Å². The molecule has 33 heavy (non-hydrogen) atoms. The topological polar surface area (TPSA) is 108 Å². The summed E-state index contributed by atoms with van der Waals surface area (Å²) in [4.78, 5) is 47.3. The number of benzene rings is 1. The second-order valence-corrected chi connectivity index (χ2v) is 9.58. The molecule has 2 heterocycles. The van der Waals surface area contributed by atoms with Gasteiger partial charge >= 0.3 is 5.69 Å². The van der Waals surface area contributed by atoms with Gasteiger partial charge in [0.15, 0.2) is 5.65 Å². The van der Waals surface area contributed by atoms with Crippen molar-refractivity contribution in [3.05, 3.63) is 56.5 Å². The summed E-state index contributed by atoms with van der Waals surface area (Å²) in [6.07, 6.45) is 0. The SMILES string of the molecule is COc1ccc(CNC(=O)C(C)Sc2nc(C)nc3c2c(=O)n(C)c(=O)n3CC(C)C)cc1. The van der Waals surface area contributed by atoms with Gasteiger partial charge in [0.1, 0.15) is 22.0 Å². The zero-order valence-electron chi connectivity index (χ0n) is 19.7. The summed E-state index contributed by atoms with van der Waals surface area (Å²) < 4.78 is 7.73. The number of nitrogens with zero attached hydrogens (tertiary/aromatic N) is 4. The van der Waals surface area contributed by atoms with Crippen LogP contribution in [-0.2, 0) is 24.9 Å². The first-order chi connectivity index (χ1) is 15.6. The highest BCUT2D eigenvalue weighted by molar-refractivity contribution is 8.00. The van der Waals surface area contributed by atoms with Crippen molar-refractivity contribution in [1.82, 2.24) is 24.4 Å². The Balaban J connectivity index is 1.89. The number of fused-ring (bicyclic) bond motifs is 1. The van der Waals surface area contributed by atoms with Crippen LogP contribution in [0.25, 0.3) is 11.0 Å². The maximum absolute atomic E-state index is 13.0. The summed E-state index contributed by atoms with van der Waals surface area (Å²) in [6, 6.07) is 7.44. The lowest BCUT2D eigenvalue weighted by Crippen LogP contribution is -2.40. The monoisotopic (exact) mass is 471 g/mol. The molecule has 1 unspecified atom stereocenters. The lowest BCUT2D eigenvalue weighted by atomic mass is 10.2. The first-order valence-corrected chi connectivity index (χ1v) is 11.6. The first-order valence-electron chi connectivity index (χ1n) is 10.7. The van der Waals surface area contributed by atoms with Gasteiger partial charge in [-0.1, -0.05) is 37.7 Å². The van der Waals surface area contributed by atoms with Crippen LogP contribution >= 0.6 is 11.8 Å². The minimum atomic E-state index is -0.518. The quantitative estimate of drug-likeness (QED) is 0.397. The maximum atomic E-state index is 13.0. The van der Waals surface area contributed by atoms with Crippen molar-refractivity contribution in [3.8, 4) is 5.75 Å². The Bertz CT molecular complexity index is 1280. The van der Waals surface area contributed by atoms with Crippen LogP contribution < -0.4 is 21.3 Å². The molecule has 0 aliphatic rings. The minimum Gasteiger partial charge on any atom is -0.497 e. The van der Waals surface area contributed by atoms with Gasteiger partial charge in [-0.25, -0.2) is 14.8 Å². The molecule has 9 nitrogen and oxygen atoms in total. The number of hydrogen-bond donors (Lipinski definition) is 1. The summed E-state index contributed by atoms with van der Waals surface area (Å²) in [5.41, 5.74) is 0.359.